The highest BCUT2D eigenvalue weighted by Gasteiger charge is 2.23. The van der Waals surface area contributed by atoms with Crippen molar-refractivity contribution in [2.24, 2.45) is 0 Å². The van der Waals surface area contributed by atoms with Crippen molar-refractivity contribution in [2.75, 3.05) is 12.3 Å². The summed E-state index contributed by atoms with van der Waals surface area (Å²) >= 11 is 0. The quantitative estimate of drug-likeness (QED) is 0.0932. The Morgan fingerprint density at radius 1 is 0.390 bits per heavy atom. The zero-order valence-corrected chi connectivity index (χ0v) is 26.0. The highest BCUT2D eigenvalue weighted by Crippen LogP contribution is 2.42. The Kier molecular flexibility index (Phi) is 12.1. The molecule has 0 aromatic heterocycles. The maximum atomic E-state index is 4.06. The first-order valence-corrected chi connectivity index (χ1v) is 17.6. The van der Waals surface area contributed by atoms with Crippen LogP contribution in [0.4, 0.5) is 0 Å². The zero-order chi connectivity index (χ0) is 28.9. The maximum absolute atomic E-state index is 4.06. The molecule has 0 aliphatic rings. The fourth-order valence-electron chi connectivity index (χ4n) is 5.54. The van der Waals surface area contributed by atoms with E-state index in [1.165, 1.54) is 43.5 Å². The van der Waals surface area contributed by atoms with Gasteiger partial charge in [-0.1, -0.05) is 121 Å². The lowest BCUT2D eigenvalue weighted by atomic mass is 10.1. The molecule has 0 saturated carbocycles. The van der Waals surface area contributed by atoms with Crippen LogP contribution in [0.1, 0.15) is 28.7 Å². The molecule has 0 saturated heterocycles. The fourth-order valence-corrected chi connectivity index (χ4v) is 11.3. The summed E-state index contributed by atoms with van der Waals surface area (Å²) in [6.45, 7) is 16.2. The molecular formula is C39H42P2. The van der Waals surface area contributed by atoms with Gasteiger partial charge in [0, 0.05) is 0 Å². The molecule has 0 atom stereocenters. The summed E-state index contributed by atoms with van der Waals surface area (Å²) in [6.07, 6.45) is 15.2. The molecule has 0 amide bonds. The summed E-state index contributed by atoms with van der Waals surface area (Å²) in [5.41, 5.74) is 5.60. The first-order chi connectivity index (χ1) is 20.2. The zero-order valence-electron chi connectivity index (χ0n) is 24.2. The van der Waals surface area contributed by atoms with E-state index >= 15 is 0 Å². The van der Waals surface area contributed by atoms with Gasteiger partial charge in [-0.25, -0.2) is 0 Å². The van der Waals surface area contributed by atoms with Crippen molar-refractivity contribution in [1.29, 1.82) is 0 Å². The lowest BCUT2D eigenvalue weighted by Gasteiger charge is -2.27. The molecule has 4 aromatic rings. The van der Waals surface area contributed by atoms with Crippen LogP contribution in [0.2, 0.25) is 0 Å². The molecule has 4 aromatic carbocycles. The van der Waals surface area contributed by atoms with Crippen LogP contribution in [0.5, 0.6) is 0 Å². The van der Waals surface area contributed by atoms with Crippen molar-refractivity contribution in [3.05, 3.63) is 170 Å². The van der Waals surface area contributed by atoms with Crippen LogP contribution in [0.3, 0.4) is 0 Å². The van der Waals surface area contributed by atoms with Crippen molar-refractivity contribution in [1.82, 2.24) is 0 Å². The normalized spacial score (nSPS) is 11.0. The molecule has 0 unspecified atom stereocenters. The molecule has 0 radical (unpaired) electrons. The van der Waals surface area contributed by atoms with Gasteiger partial charge in [-0.2, -0.15) is 0 Å². The maximum Gasteiger partial charge on any atom is -0.00937 e. The molecule has 0 spiro atoms. The van der Waals surface area contributed by atoms with Gasteiger partial charge in [0.05, 0.1) is 0 Å². The Morgan fingerprint density at radius 3 is 0.878 bits per heavy atom. The Labute approximate surface area is 250 Å². The molecule has 0 heterocycles. The Hall–Kier alpha value is -3.30. The Bertz CT molecular complexity index is 1250. The Balaban J connectivity index is 1.74. The second-order valence-electron chi connectivity index (χ2n) is 10.1. The van der Waals surface area contributed by atoms with Crippen LogP contribution in [0, 0.1) is 0 Å². The van der Waals surface area contributed by atoms with Crippen LogP contribution in [0.15, 0.2) is 148 Å². The number of allylic oxidation sites excluding steroid dienone is 4. The van der Waals surface area contributed by atoms with Gasteiger partial charge in [0.2, 0.25) is 0 Å². The average molecular weight is 573 g/mol. The molecule has 0 N–H and O–H groups in total. The van der Waals surface area contributed by atoms with E-state index in [0.29, 0.717) is 0 Å². The van der Waals surface area contributed by atoms with Crippen LogP contribution in [0.25, 0.3) is 0 Å². The fraction of sp³-hybridized carbons (Fsp3) is 0.179. The minimum absolute atomic E-state index is 0.530. The third kappa shape index (κ3) is 7.92. The van der Waals surface area contributed by atoms with E-state index in [4.69, 9.17) is 0 Å². The van der Waals surface area contributed by atoms with Gasteiger partial charge >= 0.3 is 0 Å². The largest absolute Gasteiger partial charge is 0.103 e. The van der Waals surface area contributed by atoms with Gasteiger partial charge in [0.1, 0.15) is 0 Å². The summed E-state index contributed by atoms with van der Waals surface area (Å²) in [4.78, 5) is 0. The van der Waals surface area contributed by atoms with E-state index in [-0.39, 0.29) is 0 Å². The van der Waals surface area contributed by atoms with Gasteiger partial charge in [-0.3, -0.25) is 0 Å². The minimum atomic E-state index is -0.530. The molecule has 41 heavy (non-hydrogen) atoms. The van der Waals surface area contributed by atoms with Crippen molar-refractivity contribution in [3.63, 3.8) is 0 Å². The van der Waals surface area contributed by atoms with E-state index in [9.17, 15) is 0 Å². The third-order valence-corrected chi connectivity index (χ3v) is 12.9. The summed E-state index contributed by atoms with van der Waals surface area (Å²) < 4.78 is 0. The van der Waals surface area contributed by atoms with Gasteiger partial charge in [-0.15, -0.1) is 26.3 Å². The SMILES string of the molecule is C=CCc1ccccc1P(CCCP(c1ccccc1CC=C)c1ccccc1CC=C)c1ccccc1CC=C. The molecule has 0 bridgehead atoms. The molecule has 0 aliphatic heterocycles. The summed E-state index contributed by atoms with van der Waals surface area (Å²) in [6, 6.07) is 36.0. The predicted octanol–water partition coefficient (Wildman–Crippen LogP) is 8.56. The third-order valence-electron chi connectivity index (χ3n) is 7.35. The average Bonchev–Trinajstić information content (AvgIpc) is 3.00. The van der Waals surface area contributed by atoms with Crippen molar-refractivity contribution in [3.8, 4) is 0 Å². The number of rotatable bonds is 16. The molecular weight excluding hydrogens is 530 g/mol. The lowest BCUT2D eigenvalue weighted by molar-refractivity contribution is 1.11. The first kappa shape index (κ1) is 30.7. The standard InChI is InChI=1S/C39H42P2/c1-5-18-32-22-9-13-26-36(32)40(37-27-14-10-23-33(37)19-6-2)30-17-31-41(38-28-15-11-24-34(38)20-7-3)39-29-16-12-25-35(39)21-8-4/h5-16,22-29H,1-4,17-21,30-31H2. The summed E-state index contributed by atoms with van der Waals surface area (Å²) in [5.74, 6) is 0. The summed E-state index contributed by atoms with van der Waals surface area (Å²) in [5, 5.41) is 5.95. The monoisotopic (exact) mass is 572 g/mol. The van der Waals surface area contributed by atoms with E-state index in [1.807, 2.05) is 24.3 Å². The van der Waals surface area contributed by atoms with E-state index in [2.05, 4.69) is 123 Å². The molecule has 0 aliphatic carbocycles. The smallest absolute Gasteiger partial charge is 0.00937 e. The van der Waals surface area contributed by atoms with E-state index < -0.39 is 15.8 Å². The van der Waals surface area contributed by atoms with Crippen LogP contribution in [-0.2, 0) is 25.7 Å². The van der Waals surface area contributed by atoms with Gasteiger partial charge < -0.3 is 0 Å². The second kappa shape index (κ2) is 16.2. The highest BCUT2D eigenvalue weighted by atomic mass is 31.1. The highest BCUT2D eigenvalue weighted by molar-refractivity contribution is 7.74. The van der Waals surface area contributed by atoms with Crippen molar-refractivity contribution >= 4 is 37.1 Å². The number of benzene rings is 4. The minimum Gasteiger partial charge on any atom is -0.103 e. The van der Waals surface area contributed by atoms with E-state index in [1.54, 1.807) is 0 Å². The second-order valence-corrected chi connectivity index (χ2v) is 14.7. The van der Waals surface area contributed by atoms with Crippen LogP contribution >= 0.6 is 15.8 Å². The van der Waals surface area contributed by atoms with Crippen molar-refractivity contribution in [2.45, 2.75) is 32.1 Å². The van der Waals surface area contributed by atoms with Crippen LogP contribution < -0.4 is 21.2 Å². The number of hydrogen-bond donors (Lipinski definition) is 0. The van der Waals surface area contributed by atoms with Crippen molar-refractivity contribution < 1.29 is 0 Å². The topological polar surface area (TPSA) is 0 Å². The van der Waals surface area contributed by atoms with Gasteiger partial charge in [-0.05, 0) is 104 Å². The molecule has 0 fully saturated rings. The summed E-state index contributed by atoms with van der Waals surface area (Å²) in [7, 11) is -1.06. The molecule has 4 rings (SSSR count). The lowest BCUT2D eigenvalue weighted by Crippen LogP contribution is -2.23. The van der Waals surface area contributed by atoms with Gasteiger partial charge in [0.15, 0.2) is 0 Å². The predicted molar refractivity (Wildman–Crippen MR) is 188 cm³/mol. The Morgan fingerprint density at radius 2 is 0.634 bits per heavy atom. The first-order valence-electron chi connectivity index (χ1n) is 14.5. The molecule has 0 nitrogen and oxygen atoms in total. The number of hydrogen-bond acceptors (Lipinski definition) is 0. The molecule has 208 valence electrons. The van der Waals surface area contributed by atoms with Gasteiger partial charge in [0.25, 0.3) is 0 Å². The van der Waals surface area contributed by atoms with E-state index in [0.717, 1.165) is 44.4 Å². The van der Waals surface area contributed by atoms with Crippen LogP contribution in [-0.4, -0.2) is 12.3 Å². The molecule has 2 heteroatoms.